The lowest BCUT2D eigenvalue weighted by atomic mass is 10.1. The van der Waals surface area contributed by atoms with Gasteiger partial charge < -0.3 is 9.84 Å². The van der Waals surface area contributed by atoms with Crippen molar-refractivity contribution in [2.45, 2.75) is 19.2 Å². The van der Waals surface area contributed by atoms with Crippen LogP contribution in [-0.2, 0) is 13.1 Å². The molecule has 0 bridgehead atoms. The lowest BCUT2D eigenvalue weighted by Crippen LogP contribution is -2.49. The number of ether oxygens (including phenoxy) is 1. The van der Waals surface area contributed by atoms with Crippen LogP contribution in [0.15, 0.2) is 35.5 Å². The van der Waals surface area contributed by atoms with Crippen molar-refractivity contribution in [2.75, 3.05) is 20.2 Å². The summed E-state index contributed by atoms with van der Waals surface area (Å²) >= 11 is 0. The zero-order chi connectivity index (χ0) is 21.7. The zero-order valence-electron chi connectivity index (χ0n) is 16.5. The molecular formula is C20H18F2N6O3. The Labute approximate surface area is 174 Å². The van der Waals surface area contributed by atoms with Crippen LogP contribution in [0.4, 0.5) is 8.78 Å². The smallest absolute Gasteiger partial charge is 0.352 e. The molecule has 1 fully saturated rings. The molecule has 4 aromatic rings. The summed E-state index contributed by atoms with van der Waals surface area (Å²) in [6.45, 7) is 1.50. The highest BCUT2D eigenvalue weighted by atomic mass is 19.2. The molecule has 4 heterocycles. The van der Waals surface area contributed by atoms with Gasteiger partial charge in [0.15, 0.2) is 17.2 Å². The third kappa shape index (κ3) is 3.22. The van der Waals surface area contributed by atoms with Crippen molar-refractivity contribution < 1.29 is 18.6 Å². The van der Waals surface area contributed by atoms with Crippen LogP contribution in [0.1, 0.15) is 11.1 Å². The van der Waals surface area contributed by atoms with Crippen LogP contribution in [0.2, 0.25) is 0 Å². The normalized spacial score (nSPS) is 15.0. The van der Waals surface area contributed by atoms with Gasteiger partial charge in [-0.1, -0.05) is 6.07 Å². The highest BCUT2D eigenvalue weighted by Gasteiger charge is 2.25. The summed E-state index contributed by atoms with van der Waals surface area (Å²) in [5.41, 5.74) is 0.892. The fourth-order valence-corrected chi connectivity index (χ4v) is 3.83. The number of methoxy groups -OCH3 is 1. The van der Waals surface area contributed by atoms with Gasteiger partial charge in [-0.15, -0.1) is 0 Å². The van der Waals surface area contributed by atoms with Gasteiger partial charge in [-0.05, 0) is 17.7 Å². The van der Waals surface area contributed by atoms with Crippen LogP contribution >= 0.6 is 0 Å². The quantitative estimate of drug-likeness (QED) is 0.506. The van der Waals surface area contributed by atoms with Gasteiger partial charge >= 0.3 is 5.69 Å². The Morgan fingerprint density at radius 1 is 1.16 bits per heavy atom. The van der Waals surface area contributed by atoms with Gasteiger partial charge in [0, 0.05) is 31.4 Å². The van der Waals surface area contributed by atoms with E-state index in [1.54, 1.807) is 6.20 Å². The Kier molecular flexibility index (Phi) is 4.63. The first-order valence-electron chi connectivity index (χ1n) is 9.58. The van der Waals surface area contributed by atoms with Gasteiger partial charge in [0.25, 0.3) is 0 Å². The maximum atomic E-state index is 14.6. The molecule has 1 N–H and O–H groups in total. The number of rotatable bonds is 5. The van der Waals surface area contributed by atoms with Gasteiger partial charge in [0.1, 0.15) is 12.0 Å². The molecule has 1 aromatic carbocycles. The largest absolute Gasteiger partial charge is 0.494 e. The molecule has 0 saturated carbocycles. The van der Waals surface area contributed by atoms with E-state index >= 15 is 0 Å². The summed E-state index contributed by atoms with van der Waals surface area (Å²) in [4.78, 5) is 23.7. The van der Waals surface area contributed by atoms with Crippen molar-refractivity contribution in [3.63, 3.8) is 0 Å². The molecule has 9 nitrogen and oxygen atoms in total. The molecule has 160 valence electrons. The molecular weight excluding hydrogens is 410 g/mol. The van der Waals surface area contributed by atoms with E-state index < -0.39 is 17.3 Å². The minimum Gasteiger partial charge on any atom is -0.494 e. The van der Waals surface area contributed by atoms with Gasteiger partial charge in [0.2, 0.25) is 5.82 Å². The predicted molar refractivity (Wildman–Crippen MR) is 106 cm³/mol. The number of fused-ring (bicyclic) bond motifs is 3. The van der Waals surface area contributed by atoms with E-state index in [1.807, 2.05) is 6.07 Å². The molecule has 0 spiro atoms. The molecule has 1 saturated heterocycles. The number of β-amino-alcohol motifs (C(OH)–C–C–N with tert-alkyl or cyclic N) is 1. The molecule has 1 aliphatic heterocycles. The topological polar surface area (TPSA) is 97.8 Å². The highest BCUT2D eigenvalue weighted by molar-refractivity contribution is 5.89. The van der Waals surface area contributed by atoms with Crippen molar-refractivity contribution in [3.05, 3.63) is 64.0 Å². The van der Waals surface area contributed by atoms with Crippen molar-refractivity contribution in [3.8, 4) is 5.75 Å². The molecule has 1 aliphatic rings. The fraction of sp³-hybridized carbons (Fsp3) is 0.300. The SMILES string of the molecule is COc1ccc(Cn2c(=O)n3ncnc3c3cc(CN4CC(O)C4)cnc32)c(F)c1F. The summed E-state index contributed by atoms with van der Waals surface area (Å²) in [5.74, 6) is -2.43. The Morgan fingerprint density at radius 2 is 1.97 bits per heavy atom. The van der Waals surface area contributed by atoms with Gasteiger partial charge in [-0.2, -0.15) is 14.0 Å². The molecule has 5 rings (SSSR count). The maximum Gasteiger partial charge on any atom is 0.352 e. The number of halogens is 2. The standard InChI is InChI=1S/C20H18F2N6O3/c1-31-15-3-2-12(16(21)17(15)22)7-27-18-14(19-24-10-25-28(19)20(27)30)4-11(5-23-18)6-26-8-13(29)9-26/h2-5,10,13,29H,6-9H2,1H3. The molecule has 0 amide bonds. The Morgan fingerprint density at radius 3 is 2.71 bits per heavy atom. The molecule has 11 heteroatoms. The number of nitrogens with zero attached hydrogens (tertiary/aromatic N) is 6. The Balaban J connectivity index is 1.63. The first-order valence-corrected chi connectivity index (χ1v) is 9.58. The van der Waals surface area contributed by atoms with Gasteiger partial charge in [-0.3, -0.25) is 9.47 Å². The number of pyridine rings is 1. The van der Waals surface area contributed by atoms with Crippen LogP contribution in [0, 0.1) is 11.6 Å². The van der Waals surface area contributed by atoms with E-state index in [4.69, 9.17) is 4.74 Å². The Bertz CT molecular complexity index is 1360. The number of hydrogen-bond acceptors (Lipinski definition) is 7. The lowest BCUT2D eigenvalue weighted by molar-refractivity contribution is -0.00289. The number of aliphatic hydroxyl groups is 1. The predicted octanol–water partition coefficient (Wildman–Crippen LogP) is 0.951. The summed E-state index contributed by atoms with van der Waals surface area (Å²) in [7, 11) is 1.25. The molecule has 0 radical (unpaired) electrons. The number of aromatic nitrogens is 5. The van der Waals surface area contributed by atoms with E-state index in [9.17, 15) is 18.7 Å². The monoisotopic (exact) mass is 428 g/mol. The van der Waals surface area contributed by atoms with E-state index in [-0.39, 0.29) is 29.6 Å². The van der Waals surface area contributed by atoms with E-state index in [0.717, 1.165) is 10.1 Å². The number of hydrogen-bond donors (Lipinski definition) is 1. The van der Waals surface area contributed by atoms with Crippen LogP contribution in [0.25, 0.3) is 16.7 Å². The third-order valence-corrected chi connectivity index (χ3v) is 5.40. The molecule has 0 atom stereocenters. The van der Waals surface area contributed by atoms with Crippen LogP contribution < -0.4 is 10.4 Å². The average Bonchev–Trinajstić information content (AvgIpc) is 3.23. The fourth-order valence-electron chi connectivity index (χ4n) is 3.83. The molecule has 31 heavy (non-hydrogen) atoms. The van der Waals surface area contributed by atoms with Crippen molar-refractivity contribution >= 4 is 16.7 Å². The maximum absolute atomic E-state index is 14.6. The van der Waals surface area contributed by atoms with Crippen molar-refractivity contribution in [2.24, 2.45) is 0 Å². The highest BCUT2D eigenvalue weighted by Crippen LogP contribution is 2.24. The van der Waals surface area contributed by atoms with Crippen LogP contribution in [-0.4, -0.2) is 60.5 Å². The van der Waals surface area contributed by atoms with Crippen LogP contribution in [0.5, 0.6) is 5.75 Å². The van der Waals surface area contributed by atoms with Crippen molar-refractivity contribution in [1.29, 1.82) is 0 Å². The first-order chi connectivity index (χ1) is 15.0. The van der Waals surface area contributed by atoms with Crippen LogP contribution in [0.3, 0.4) is 0 Å². The zero-order valence-corrected chi connectivity index (χ0v) is 16.5. The number of likely N-dealkylation sites (tertiary alicyclic amines) is 1. The average molecular weight is 428 g/mol. The van der Waals surface area contributed by atoms with E-state index in [1.165, 1.54) is 30.1 Å². The summed E-state index contributed by atoms with van der Waals surface area (Å²) in [5, 5.41) is 14.0. The summed E-state index contributed by atoms with van der Waals surface area (Å²) in [6, 6.07) is 4.52. The van der Waals surface area contributed by atoms with E-state index in [0.29, 0.717) is 30.7 Å². The second-order valence-corrected chi connectivity index (χ2v) is 7.48. The summed E-state index contributed by atoms with van der Waals surface area (Å²) in [6.07, 6.45) is 2.56. The third-order valence-electron chi connectivity index (χ3n) is 5.40. The number of benzene rings is 1. The lowest BCUT2D eigenvalue weighted by Gasteiger charge is -2.35. The minimum atomic E-state index is -1.12. The van der Waals surface area contributed by atoms with Crippen molar-refractivity contribution in [1.82, 2.24) is 29.0 Å². The van der Waals surface area contributed by atoms with E-state index in [2.05, 4.69) is 20.0 Å². The second-order valence-electron chi connectivity index (χ2n) is 7.48. The molecule has 0 aliphatic carbocycles. The molecule has 0 unspecified atom stereocenters. The second kappa shape index (κ2) is 7.36. The Hall–Kier alpha value is -3.44. The number of aliphatic hydroxyl groups excluding tert-OH is 1. The van der Waals surface area contributed by atoms with Gasteiger partial charge in [-0.25, -0.2) is 19.2 Å². The minimum absolute atomic E-state index is 0.0263. The summed E-state index contributed by atoms with van der Waals surface area (Å²) < 4.78 is 35.9. The first kappa shape index (κ1) is 19.5. The molecule has 3 aromatic heterocycles. The van der Waals surface area contributed by atoms with Gasteiger partial charge in [0.05, 0.1) is 25.1 Å².